The number of piperidine rings is 1. The number of benzene rings is 2. The lowest BCUT2D eigenvalue weighted by Gasteiger charge is -2.45. The standard InChI is InChI=1S/C30H35FN4O/c31-26-15-12-24(13-16-26)29-25(22-35(33-29)27-10-4-1-5-11-27)14-17-28(36)32-23-30(18-6-2-7-19-30)34-20-8-3-9-21-34/h1,4-5,10-17,22H,2-3,6-9,18-21,23H2,(H,32,36)/p+1/b17-14+. The number of halogens is 1. The van der Waals surface area contributed by atoms with E-state index < -0.39 is 0 Å². The van der Waals surface area contributed by atoms with Crippen molar-refractivity contribution in [1.82, 2.24) is 15.1 Å². The first-order valence-electron chi connectivity index (χ1n) is 13.4. The number of rotatable bonds is 7. The molecule has 1 aliphatic carbocycles. The summed E-state index contributed by atoms with van der Waals surface area (Å²) in [7, 11) is 0. The van der Waals surface area contributed by atoms with Crippen LogP contribution >= 0.6 is 0 Å². The third-order valence-electron chi connectivity index (χ3n) is 7.91. The van der Waals surface area contributed by atoms with Crippen molar-refractivity contribution in [3.63, 3.8) is 0 Å². The van der Waals surface area contributed by atoms with Gasteiger partial charge in [-0.05, 0) is 74.6 Å². The normalized spacial score (nSPS) is 18.4. The Balaban J connectivity index is 1.34. The Morgan fingerprint density at radius 2 is 1.67 bits per heavy atom. The molecule has 2 fully saturated rings. The average Bonchev–Trinajstić information content (AvgIpc) is 3.37. The molecule has 1 amide bonds. The molecule has 5 nitrogen and oxygen atoms in total. The number of nitrogens with zero attached hydrogens (tertiary/aromatic N) is 2. The number of hydrogen-bond acceptors (Lipinski definition) is 2. The van der Waals surface area contributed by atoms with Crippen molar-refractivity contribution in [2.45, 2.75) is 56.9 Å². The van der Waals surface area contributed by atoms with E-state index in [-0.39, 0.29) is 17.3 Å². The van der Waals surface area contributed by atoms with Gasteiger partial charge >= 0.3 is 0 Å². The molecule has 2 heterocycles. The molecule has 5 rings (SSSR count). The van der Waals surface area contributed by atoms with Crippen LogP contribution in [0.3, 0.4) is 0 Å². The summed E-state index contributed by atoms with van der Waals surface area (Å²) in [6.45, 7) is 3.19. The van der Waals surface area contributed by atoms with Crippen molar-refractivity contribution < 1.29 is 14.1 Å². The number of hydrogen-bond donors (Lipinski definition) is 2. The third-order valence-corrected chi connectivity index (χ3v) is 7.91. The Labute approximate surface area is 213 Å². The molecule has 0 radical (unpaired) electrons. The highest BCUT2D eigenvalue weighted by molar-refractivity contribution is 5.92. The van der Waals surface area contributed by atoms with Gasteiger partial charge in [-0.25, -0.2) is 9.07 Å². The maximum atomic E-state index is 13.5. The summed E-state index contributed by atoms with van der Waals surface area (Å²) in [6.07, 6.45) is 15.5. The van der Waals surface area contributed by atoms with Gasteiger partial charge in [-0.3, -0.25) is 4.79 Å². The zero-order valence-electron chi connectivity index (χ0n) is 20.9. The van der Waals surface area contributed by atoms with E-state index in [1.54, 1.807) is 27.8 Å². The Hall–Kier alpha value is -3.25. The molecule has 1 aromatic heterocycles. The summed E-state index contributed by atoms with van der Waals surface area (Å²) < 4.78 is 15.3. The van der Waals surface area contributed by atoms with Crippen LogP contribution in [0.25, 0.3) is 23.0 Å². The molecule has 3 aromatic rings. The molecule has 0 atom stereocenters. The van der Waals surface area contributed by atoms with Crippen molar-refractivity contribution in [2.75, 3.05) is 19.6 Å². The quantitative estimate of drug-likeness (QED) is 0.480. The fourth-order valence-corrected chi connectivity index (χ4v) is 5.93. The summed E-state index contributed by atoms with van der Waals surface area (Å²) in [4.78, 5) is 14.7. The van der Waals surface area contributed by atoms with Gasteiger partial charge in [-0.1, -0.05) is 24.6 Å². The first-order chi connectivity index (χ1) is 17.6. The summed E-state index contributed by atoms with van der Waals surface area (Å²) in [6, 6.07) is 16.2. The van der Waals surface area contributed by atoms with Crippen molar-refractivity contribution in [3.05, 3.63) is 78.3 Å². The Bertz CT molecular complexity index is 1170. The van der Waals surface area contributed by atoms with E-state index in [1.165, 1.54) is 76.6 Å². The minimum Gasteiger partial charge on any atom is -0.346 e. The lowest BCUT2D eigenvalue weighted by atomic mass is 9.79. The van der Waals surface area contributed by atoms with E-state index in [1.807, 2.05) is 42.6 Å². The van der Waals surface area contributed by atoms with Crippen molar-refractivity contribution in [1.29, 1.82) is 0 Å². The van der Waals surface area contributed by atoms with Crippen LogP contribution in [-0.2, 0) is 4.79 Å². The van der Waals surface area contributed by atoms with Crippen LogP contribution in [0.15, 0.2) is 66.9 Å². The maximum Gasteiger partial charge on any atom is 0.244 e. The van der Waals surface area contributed by atoms with Crippen LogP contribution < -0.4 is 10.2 Å². The molecule has 0 spiro atoms. The van der Waals surface area contributed by atoms with Gasteiger partial charge in [0.15, 0.2) is 0 Å². The number of para-hydroxylation sites is 1. The largest absolute Gasteiger partial charge is 0.346 e. The minimum absolute atomic E-state index is 0.0751. The second kappa shape index (κ2) is 11.2. The van der Waals surface area contributed by atoms with Gasteiger partial charge in [0.25, 0.3) is 0 Å². The summed E-state index contributed by atoms with van der Waals surface area (Å²) in [5, 5.41) is 8.00. The molecular weight excluding hydrogens is 451 g/mol. The van der Waals surface area contributed by atoms with Gasteiger partial charge in [0, 0.05) is 36.2 Å². The first kappa shape index (κ1) is 24.4. The predicted molar refractivity (Wildman–Crippen MR) is 141 cm³/mol. The number of carbonyl (C=O) groups is 1. The van der Waals surface area contributed by atoms with Crippen molar-refractivity contribution >= 4 is 12.0 Å². The van der Waals surface area contributed by atoms with E-state index in [0.717, 1.165) is 23.4 Å². The molecule has 1 saturated carbocycles. The number of amides is 1. The fraction of sp³-hybridized carbons (Fsp3) is 0.400. The van der Waals surface area contributed by atoms with Crippen LogP contribution in [0.1, 0.15) is 56.9 Å². The molecule has 2 aliphatic rings. The van der Waals surface area contributed by atoms with Gasteiger partial charge in [-0.15, -0.1) is 0 Å². The summed E-state index contributed by atoms with van der Waals surface area (Å²) in [5.74, 6) is -0.362. The lowest BCUT2D eigenvalue weighted by molar-refractivity contribution is -0.957. The molecule has 2 N–H and O–H groups in total. The molecule has 0 unspecified atom stereocenters. The SMILES string of the molecule is O=C(/C=C/c1cn(-c2ccccc2)nc1-c1ccc(F)cc1)NCC1([NH+]2CCCCC2)CCCCC1. The molecule has 188 valence electrons. The van der Waals surface area contributed by atoms with Crippen LogP contribution in [0.2, 0.25) is 0 Å². The molecule has 6 heteroatoms. The topological polar surface area (TPSA) is 51.4 Å². The van der Waals surface area contributed by atoms with Crippen LogP contribution in [-0.4, -0.2) is 40.9 Å². The van der Waals surface area contributed by atoms with Crippen LogP contribution in [0.5, 0.6) is 0 Å². The molecular formula is C30H36FN4O+. The Morgan fingerprint density at radius 3 is 2.39 bits per heavy atom. The smallest absolute Gasteiger partial charge is 0.244 e. The van der Waals surface area contributed by atoms with Gasteiger partial charge in [0.1, 0.15) is 11.4 Å². The minimum atomic E-state index is -0.287. The number of nitrogens with one attached hydrogen (secondary N) is 2. The van der Waals surface area contributed by atoms with Gasteiger partial charge in [0.05, 0.1) is 31.0 Å². The maximum absolute atomic E-state index is 13.5. The lowest BCUT2D eigenvalue weighted by Crippen LogP contribution is -3.22. The van der Waals surface area contributed by atoms with E-state index in [9.17, 15) is 9.18 Å². The number of carbonyl (C=O) groups excluding carboxylic acids is 1. The zero-order valence-corrected chi connectivity index (χ0v) is 20.9. The summed E-state index contributed by atoms with van der Waals surface area (Å²) >= 11 is 0. The van der Waals surface area contributed by atoms with E-state index in [0.29, 0.717) is 5.69 Å². The molecule has 1 aliphatic heterocycles. The van der Waals surface area contributed by atoms with Gasteiger partial charge < -0.3 is 10.2 Å². The monoisotopic (exact) mass is 487 g/mol. The van der Waals surface area contributed by atoms with Crippen molar-refractivity contribution in [3.8, 4) is 16.9 Å². The second-order valence-electron chi connectivity index (χ2n) is 10.3. The van der Waals surface area contributed by atoms with E-state index in [2.05, 4.69) is 5.32 Å². The number of likely N-dealkylation sites (tertiary alicyclic amines) is 1. The Kier molecular flexibility index (Phi) is 7.61. The van der Waals surface area contributed by atoms with E-state index >= 15 is 0 Å². The average molecular weight is 488 g/mol. The highest BCUT2D eigenvalue weighted by Crippen LogP contribution is 2.27. The highest BCUT2D eigenvalue weighted by atomic mass is 19.1. The molecule has 36 heavy (non-hydrogen) atoms. The van der Waals surface area contributed by atoms with Gasteiger partial charge in [-0.2, -0.15) is 5.10 Å². The van der Waals surface area contributed by atoms with Crippen LogP contribution in [0.4, 0.5) is 4.39 Å². The summed E-state index contributed by atoms with van der Waals surface area (Å²) in [5.41, 5.74) is 3.44. The number of aromatic nitrogens is 2. The first-order valence-corrected chi connectivity index (χ1v) is 13.4. The van der Waals surface area contributed by atoms with Crippen molar-refractivity contribution in [2.24, 2.45) is 0 Å². The third kappa shape index (κ3) is 5.59. The molecule has 2 aromatic carbocycles. The van der Waals surface area contributed by atoms with Crippen LogP contribution in [0, 0.1) is 5.82 Å². The molecule has 1 saturated heterocycles. The van der Waals surface area contributed by atoms with E-state index in [4.69, 9.17) is 5.10 Å². The highest BCUT2D eigenvalue weighted by Gasteiger charge is 2.42. The predicted octanol–water partition coefficient (Wildman–Crippen LogP) is 4.58. The second-order valence-corrected chi connectivity index (χ2v) is 10.3. The fourth-order valence-electron chi connectivity index (χ4n) is 5.93. The number of quaternary nitrogens is 1. The zero-order chi connectivity index (χ0) is 24.8. The molecule has 0 bridgehead atoms. The van der Waals surface area contributed by atoms with Gasteiger partial charge in [0.2, 0.25) is 5.91 Å². The Morgan fingerprint density at radius 1 is 0.972 bits per heavy atom.